The number of nitrogens with one attached hydrogen (secondary N) is 1. The van der Waals surface area contributed by atoms with Gasteiger partial charge in [-0.05, 0) is 25.7 Å². The lowest BCUT2D eigenvalue weighted by Gasteiger charge is -2.39. The SMILES string of the molecule is C=CC1=CN([C@@H]2O[C@H](C)[C@@H](O)[C@H]2O)C(=O)NC1(N)C(=O)OCC1CC1. The van der Waals surface area contributed by atoms with Crippen molar-refractivity contribution in [1.82, 2.24) is 10.2 Å². The molecule has 0 aromatic heterocycles. The van der Waals surface area contributed by atoms with Crippen LogP contribution in [0.5, 0.6) is 0 Å². The molecular weight excluding hydrogens is 330 g/mol. The Labute approximate surface area is 145 Å². The molecule has 1 aliphatic carbocycles. The number of ether oxygens (including phenoxy) is 2. The van der Waals surface area contributed by atoms with Gasteiger partial charge in [0.05, 0.1) is 12.7 Å². The van der Waals surface area contributed by atoms with Gasteiger partial charge in [0.15, 0.2) is 6.23 Å². The molecule has 0 radical (unpaired) electrons. The molecule has 3 rings (SSSR count). The Kier molecular flexibility index (Phi) is 4.58. The Morgan fingerprint density at radius 2 is 2.24 bits per heavy atom. The van der Waals surface area contributed by atoms with Crippen molar-refractivity contribution in [3.8, 4) is 0 Å². The minimum atomic E-state index is -1.86. The van der Waals surface area contributed by atoms with Crippen molar-refractivity contribution in [1.29, 1.82) is 0 Å². The van der Waals surface area contributed by atoms with Crippen molar-refractivity contribution < 1.29 is 29.3 Å². The summed E-state index contributed by atoms with van der Waals surface area (Å²) in [5.41, 5.74) is 4.41. The van der Waals surface area contributed by atoms with Crippen molar-refractivity contribution >= 4 is 12.0 Å². The zero-order chi connectivity index (χ0) is 18.4. The first kappa shape index (κ1) is 17.9. The molecule has 0 bridgehead atoms. The minimum Gasteiger partial charge on any atom is -0.462 e. The van der Waals surface area contributed by atoms with Crippen LogP contribution in [0.4, 0.5) is 4.79 Å². The van der Waals surface area contributed by atoms with Crippen LogP contribution >= 0.6 is 0 Å². The molecule has 1 unspecified atom stereocenters. The Morgan fingerprint density at radius 3 is 2.76 bits per heavy atom. The molecule has 9 nitrogen and oxygen atoms in total. The normalized spacial score (nSPS) is 38.2. The van der Waals surface area contributed by atoms with Gasteiger partial charge in [0.2, 0.25) is 5.66 Å². The number of aliphatic hydroxyl groups is 2. The number of aliphatic hydroxyl groups excluding tert-OH is 2. The van der Waals surface area contributed by atoms with E-state index < -0.39 is 42.2 Å². The van der Waals surface area contributed by atoms with Gasteiger partial charge in [-0.25, -0.2) is 9.59 Å². The third-order valence-electron chi connectivity index (χ3n) is 4.71. The summed E-state index contributed by atoms with van der Waals surface area (Å²) < 4.78 is 10.6. The van der Waals surface area contributed by atoms with Gasteiger partial charge in [0.25, 0.3) is 0 Å². The monoisotopic (exact) mass is 353 g/mol. The fourth-order valence-electron chi connectivity index (χ4n) is 2.84. The summed E-state index contributed by atoms with van der Waals surface area (Å²) in [7, 11) is 0. The van der Waals surface area contributed by atoms with Gasteiger partial charge in [0.1, 0.15) is 12.2 Å². The molecule has 0 aromatic rings. The number of esters is 1. The number of carbonyl (C=O) groups excluding carboxylic acids is 2. The van der Waals surface area contributed by atoms with E-state index >= 15 is 0 Å². The number of urea groups is 1. The smallest absolute Gasteiger partial charge is 0.351 e. The largest absolute Gasteiger partial charge is 0.462 e. The van der Waals surface area contributed by atoms with Gasteiger partial charge in [-0.15, -0.1) is 0 Å². The number of hydrogen-bond acceptors (Lipinski definition) is 7. The highest BCUT2D eigenvalue weighted by Gasteiger charge is 2.50. The van der Waals surface area contributed by atoms with Crippen LogP contribution in [0.25, 0.3) is 0 Å². The molecule has 1 saturated carbocycles. The van der Waals surface area contributed by atoms with Gasteiger partial charge < -0.3 is 25.0 Å². The van der Waals surface area contributed by atoms with Crippen LogP contribution in [0.2, 0.25) is 0 Å². The molecule has 138 valence electrons. The van der Waals surface area contributed by atoms with Crippen LogP contribution in [0.15, 0.2) is 24.4 Å². The summed E-state index contributed by atoms with van der Waals surface area (Å²) in [6.45, 7) is 5.46. The molecule has 3 aliphatic rings. The summed E-state index contributed by atoms with van der Waals surface area (Å²) in [4.78, 5) is 25.9. The molecular formula is C16H23N3O6. The highest BCUT2D eigenvalue weighted by molar-refractivity contribution is 5.93. The number of nitrogens with zero attached hydrogens (tertiary/aromatic N) is 1. The third-order valence-corrected chi connectivity index (χ3v) is 4.71. The zero-order valence-electron chi connectivity index (χ0n) is 13.9. The first-order chi connectivity index (χ1) is 11.8. The second-order valence-electron chi connectivity index (χ2n) is 6.69. The highest BCUT2D eigenvalue weighted by Crippen LogP contribution is 2.31. The Hall–Kier alpha value is -1.94. The van der Waals surface area contributed by atoms with E-state index in [1.54, 1.807) is 6.92 Å². The summed E-state index contributed by atoms with van der Waals surface area (Å²) in [5, 5.41) is 22.3. The van der Waals surface area contributed by atoms with E-state index in [4.69, 9.17) is 15.2 Å². The lowest BCUT2D eigenvalue weighted by atomic mass is 9.99. The van der Waals surface area contributed by atoms with Crippen molar-refractivity contribution in [2.45, 2.75) is 50.0 Å². The summed E-state index contributed by atoms with van der Waals surface area (Å²) in [5.74, 6) is -0.427. The van der Waals surface area contributed by atoms with E-state index in [1.165, 1.54) is 12.3 Å². The average molecular weight is 353 g/mol. The fraction of sp³-hybridized carbons (Fsp3) is 0.625. The maximum atomic E-state index is 12.4. The second-order valence-corrected chi connectivity index (χ2v) is 6.69. The average Bonchev–Trinajstić information content (AvgIpc) is 3.37. The molecule has 0 aromatic carbocycles. The molecule has 2 amide bonds. The summed E-state index contributed by atoms with van der Waals surface area (Å²) in [6.07, 6.45) is 0.434. The molecule has 5 atom stereocenters. The van der Waals surface area contributed by atoms with Gasteiger partial charge in [-0.1, -0.05) is 12.7 Å². The predicted molar refractivity (Wildman–Crippen MR) is 85.6 cm³/mol. The lowest BCUT2D eigenvalue weighted by Crippen LogP contribution is -2.68. The van der Waals surface area contributed by atoms with Gasteiger partial charge in [-0.2, -0.15) is 0 Å². The zero-order valence-corrected chi connectivity index (χ0v) is 13.9. The molecule has 0 spiro atoms. The highest BCUT2D eigenvalue weighted by atomic mass is 16.6. The van der Waals surface area contributed by atoms with Crippen LogP contribution in [0.3, 0.4) is 0 Å². The number of carbonyl (C=O) groups is 2. The van der Waals surface area contributed by atoms with Crippen molar-refractivity contribution in [3.05, 3.63) is 24.4 Å². The number of amides is 2. The maximum absolute atomic E-state index is 12.4. The second kappa shape index (κ2) is 6.41. The van der Waals surface area contributed by atoms with Gasteiger partial charge in [0, 0.05) is 11.8 Å². The standard InChI is InChI=1S/C16H23N3O6/c1-3-10-6-19(13-12(21)11(20)8(2)25-13)15(23)18-16(10,17)14(22)24-7-9-4-5-9/h3,6,8-9,11-13,20-21H,1,4-5,7,17H2,2H3,(H,18,23)/t8-,11-,12-,13-,16?/m1/s1. The molecule has 1 saturated heterocycles. The van der Waals surface area contributed by atoms with E-state index in [0.717, 1.165) is 17.7 Å². The topological polar surface area (TPSA) is 134 Å². The number of rotatable bonds is 5. The molecule has 2 aliphatic heterocycles. The van der Waals surface area contributed by atoms with Gasteiger partial charge in [-0.3, -0.25) is 10.6 Å². The summed E-state index contributed by atoms with van der Waals surface area (Å²) in [6, 6.07) is -0.748. The van der Waals surface area contributed by atoms with Gasteiger partial charge >= 0.3 is 12.0 Å². The van der Waals surface area contributed by atoms with Crippen LogP contribution < -0.4 is 11.1 Å². The predicted octanol–water partition coefficient (Wildman–Crippen LogP) is -0.844. The number of hydrogen-bond donors (Lipinski definition) is 4. The van der Waals surface area contributed by atoms with E-state index in [-0.39, 0.29) is 12.2 Å². The van der Waals surface area contributed by atoms with Crippen molar-refractivity contribution in [3.63, 3.8) is 0 Å². The molecule has 2 heterocycles. The first-order valence-electron chi connectivity index (χ1n) is 8.21. The van der Waals surface area contributed by atoms with Crippen LogP contribution in [0.1, 0.15) is 19.8 Å². The van der Waals surface area contributed by atoms with Crippen LogP contribution in [0, 0.1) is 5.92 Å². The molecule has 2 fully saturated rings. The molecule has 9 heteroatoms. The summed E-state index contributed by atoms with van der Waals surface area (Å²) >= 11 is 0. The van der Waals surface area contributed by atoms with E-state index in [1.807, 2.05) is 0 Å². The minimum absolute atomic E-state index is 0.192. The van der Waals surface area contributed by atoms with E-state index in [0.29, 0.717) is 5.92 Å². The molecule has 5 N–H and O–H groups in total. The Balaban J connectivity index is 1.81. The Morgan fingerprint density at radius 1 is 1.56 bits per heavy atom. The first-order valence-corrected chi connectivity index (χ1v) is 8.21. The molecule has 25 heavy (non-hydrogen) atoms. The lowest BCUT2D eigenvalue weighted by molar-refractivity contribution is -0.150. The fourth-order valence-corrected chi connectivity index (χ4v) is 2.84. The van der Waals surface area contributed by atoms with E-state index in [2.05, 4.69) is 11.9 Å². The quantitative estimate of drug-likeness (QED) is 0.473. The van der Waals surface area contributed by atoms with Crippen molar-refractivity contribution in [2.75, 3.05) is 6.61 Å². The number of nitrogens with two attached hydrogens (primary N) is 1. The van der Waals surface area contributed by atoms with Crippen LogP contribution in [-0.4, -0.2) is 63.9 Å². The Bertz CT molecular complexity index is 619. The third kappa shape index (κ3) is 3.15. The van der Waals surface area contributed by atoms with Crippen LogP contribution in [-0.2, 0) is 14.3 Å². The maximum Gasteiger partial charge on any atom is 0.351 e. The van der Waals surface area contributed by atoms with E-state index in [9.17, 15) is 19.8 Å². The van der Waals surface area contributed by atoms with Crippen molar-refractivity contribution in [2.24, 2.45) is 11.7 Å².